The maximum absolute atomic E-state index is 12.4. The third-order valence-corrected chi connectivity index (χ3v) is 5.80. The maximum Gasteiger partial charge on any atom is 0.230 e. The van der Waals surface area contributed by atoms with Gasteiger partial charge < -0.3 is 10.1 Å². The van der Waals surface area contributed by atoms with Crippen molar-refractivity contribution < 1.29 is 9.53 Å². The minimum absolute atomic E-state index is 0.0526. The van der Waals surface area contributed by atoms with Gasteiger partial charge in [-0.1, -0.05) is 78.9 Å². The smallest absolute Gasteiger partial charge is 0.230 e. The number of ether oxygens (including phenoxy) is 1. The van der Waals surface area contributed by atoms with Crippen LogP contribution >= 0.6 is 11.8 Å². The highest BCUT2D eigenvalue weighted by Crippen LogP contribution is 2.35. The summed E-state index contributed by atoms with van der Waals surface area (Å²) in [7, 11) is 1.67. The van der Waals surface area contributed by atoms with E-state index >= 15 is 0 Å². The molecule has 3 aromatic rings. The Hall–Kier alpha value is -2.72. The van der Waals surface area contributed by atoms with Crippen LogP contribution in [0.5, 0.6) is 5.75 Å². The van der Waals surface area contributed by atoms with Gasteiger partial charge >= 0.3 is 0 Å². The van der Waals surface area contributed by atoms with Crippen molar-refractivity contribution in [1.82, 2.24) is 5.32 Å². The molecular formula is C24H25NO2S. The summed E-state index contributed by atoms with van der Waals surface area (Å²) in [4.78, 5) is 12.4. The summed E-state index contributed by atoms with van der Waals surface area (Å²) in [6.07, 6.45) is 0.751. The standard InChI is InChI=1S/C24H25NO2S/c1-27-22-15-9-8-10-19(22)16-17-25-23(26)18-28-24(20-11-4-2-5-12-20)21-13-6-3-7-14-21/h2-15,24H,16-18H2,1H3,(H,25,26). The van der Waals surface area contributed by atoms with E-state index in [2.05, 4.69) is 29.6 Å². The minimum Gasteiger partial charge on any atom is -0.496 e. The van der Waals surface area contributed by atoms with Gasteiger partial charge in [0.05, 0.1) is 18.1 Å². The van der Waals surface area contributed by atoms with Gasteiger partial charge in [0, 0.05) is 6.54 Å². The van der Waals surface area contributed by atoms with Gasteiger partial charge in [-0.2, -0.15) is 0 Å². The number of hydrogen-bond donors (Lipinski definition) is 1. The van der Waals surface area contributed by atoms with E-state index in [1.165, 1.54) is 11.1 Å². The first-order valence-electron chi connectivity index (χ1n) is 9.38. The maximum atomic E-state index is 12.4. The van der Waals surface area contributed by atoms with Gasteiger partial charge in [0.2, 0.25) is 5.91 Å². The number of para-hydroxylation sites is 1. The fourth-order valence-corrected chi connectivity index (χ4v) is 4.22. The Morgan fingerprint density at radius 3 is 2.07 bits per heavy atom. The van der Waals surface area contributed by atoms with Gasteiger partial charge in [-0.25, -0.2) is 0 Å². The van der Waals surface area contributed by atoms with Crippen molar-refractivity contribution in [3.63, 3.8) is 0 Å². The van der Waals surface area contributed by atoms with Crippen LogP contribution in [-0.4, -0.2) is 25.3 Å². The normalized spacial score (nSPS) is 10.6. The molecular weight excluding hydrogens is 366 g/mol. The molecule has 0 aromatic heterocycles. The van der Waals surface area contributed by atoms with Gasteiger partial charge in [-0.05, 0) is 29.2 Å². The summed E-state index contributed by atoms with van der Waals surface area (Å²) in [5, 5.41) is 3.17. The van der Waals surface area contributed by atoms with Crippen molar-refractivity contribution in [2.75, 3.05) is 19.4 Å². The Balaban J connectivity index is 1.55. The molecule has 0 bridgehead atoms. The summed E-state index contributed by atoms with van der Waals surface area (Å²) < 4.78 is 5.36. The highest BCUT2D eigenvalue weighted by molar-refractivity contribution is 8.00. The summed E-state index contributed by atoms with van der Waals surface area (Å²) in [6, 6.07) is 28.6. The zero-order chi connectivity index (χ0) is 19.6. The molecule has 4 heteroatoms. The second-order valence-electron chi connectivity index (χ2n) is 6.42. The van der Waals surface area contributed by atoms with Crippen LogP contribution < -0.4 is 10.1 Å². The van der Waals surface area contributed by atoms with Gasteiger partial charge in [0.15, 0.2) is 0 Å². The summed E-state index contributed by atoms with van der Waals surface area (Å²) in [5.74, 6) is 1.33. The van der Waals surface area contributed by atoms with Crippen molar-refractivity contribution in [1.29, 1.82) is 0 Å². The van der Waals surface area contributed by atoms with Gasteiger partial charge in [-0.15, -0.1) is 11.8 Å². The molecule has 3 rings (SSSR count). The van der Waals surface area contributed by atoms with Crippen molar-refractivity contribution in [2.24, 2.45) is 0 Å². The van der Waals surface area contributed by atoms with Crippen LogP contribution in [0.4, 0.5) is 0 Å². The quantitative estimate of drug-likeness (QED) is 0.565. The third kappa shape index (κ3) is 5.64. The van der Waals surface area contributed by atoms with Crippen LogP contribution in [0.3, 0.4) is 0 Å². The molecule has 0 aliphatic rings. The number of amides is 1. The Morgan fingerprint density at radius 2 is 1.46 bits per heavy atom. The second-order valence-corrected chi connectivity index (χ2v) is 7.52. The largest absolute Gasteiger partial charge is 0.496 e. The van der Waals surface area contributed by atoms with E-state index in [4.69, 9.17) is 4.74 Å². The lowest BCUT2D eigenvalue weighted by Crippen LogP contribution is -2.27. The first-order chi connectivity index (χ1) is 13.8. The number of nitrogens with one attached hydrogen (secondary N) is 1. The van der Waals surface area contributed by atoms with Crippen molar-refractivity contribution in [3.8, 4) is 5.75 Å². The number of rotatable bonds is 9. The Morgan fingerprint density at radius 1 is 0.893 bits per heavy atom. The summed E-state index contributed by atoms with van der Waals surface area (Å²) in [6.45, 7) is 0.598. The van der Waals surface area contributed by atoms with Crippen molar-refractivity contribution >= 4 is 17.7 Å². The van der Waals surface area contributed by atoms with Gasteiger partial charge in [0.25, 0.3) is 0 Å². The molecule has 3 aromatic carbocycles. The highest BCUT2D eigenvalue weighted by Gasteiger charge is 2.16. The second kappa shape index (κ2) is 10.6. The fourth-order valence-electron chi connectivity index (χ4n) is 3.10. The molecule has 28 heavy (non-hydrogen) atoms. The number of carbonyl (C=O) groups excluding carboxylic acids is 1. The van der Waals surface area contributed by atoms with Crippen molar-refractivity contribution in [2.45, 2.75) is 11.7 Å². The van der Waals surface area contributed by atoms with E-state index in [9.17, 15) is 4.79 Å². The lowest BCUT2D eigenvalue weighted by atomic mass is 10.0. The molecule has 144 valence electrons. The van der Waals surface area contributed by atoms with Crippen molar-refractivity contribution in [3.05, 3.63) is 102 Å². The van der Waals surface area contributed by atoms with E-state index in [1.807, 2.05) is 60.7 Å². The van der Waals surface area contributed by atoms with Crippen LogP contribution in [0.25, 0.3) is 0 Å². The number of benzene rings is 3. The average Bonchev–Trinajstić information content (AvgIpc) is 2.76. The molecule has 0 aliphatic heterocycles. The molecule has 0 aliphatic carbocycles. The van der Waals surface area contributed by atoms with E-state index in [0.29, 0.717) is 12.3 Å². The number of thioether (sulfide) groups is 1. The van der Waals surface area contributed by atoms with E-state index in [1.54, 1.807) is 18.9 Å². The molecule has 0 radical (unpaired) electrons. The molecule has 0 fully saturated rings. The molecule has 0 saturated carbocycles. The topological polar surface area (TPSA) is 38.3 Å². The molecule has 1 amide bonds. The molecule has 3 nitrogen and oxygen atoms in total. The van der Waals surface area contributed by atoms with Crippen LogP contribution in [0.2, 0.25) is 0 Å². The third-order valence-electron chi connectivity index (χ3n) is 4.49. The Kier molecular flexibility index (Phi) is 7.56. The average molecular weight is 392 g/mol. The van der Waals surface area contributed by atoms with Crippen LogP contribution in [0, 0.1) is 0 Å². The molecule has 0 heterocycles. The van der Waals surface area contributed by atoms with E-state index in [-0.39, 0.29) is 11.2 Å². The highest BCUT2D eigenvalue weighted by atomic mass is 32.2. The first kappa shape index (κ1) is 20.0. The Bertz CT molecular complexity index is 829. The predicted octanol–water partition coefficient (Wildman–Crippen LogP) is 4.88. The molecule has 1 N–H and O–H groups in total. The first-order valence-corrected chi connectivity index (χ1v) is 10.4. The zero-order valence-corrected chi connectivity index (χ0v) is 16.8. The lowest BCUT2D eigenvalue weighted by Gasteiger charge is -2.17. The Labute approximate surface area is 171 Å². The number of methoxy groups -OCH3 is 1. The molecule has 0 atom stereocenters. The number of hydrogen-bond acceptors (Lipinski definition) is 3. The van der Waals surface area contributed by atoms with E-state index < -0.39 is 0 Å². The van der Waals surface area contributed by atoms with Gasteiger partial charge in [0.1, 0.15) is 5.75 Å². The molecule has 0 spiro atoms. The summed E-state index contributed by atoms with van der Waals surface area (Å²) in [5.41, 5.74) is 3.52. The molecule has 0 saturated heterocycles. The summed E-state index contributed by atoms with van der Waals surface area (Å²) >= 11 is 1.65. The minimum atomic E-state index is 0.0526. The monoisotopic (exact) mass is 391 g/mol. The zero-order valence-electron chi connectivity index (χ0n) is 16.0. The van der Waals surface area contributed by atoms with Crippen LogP contribution in [0.1, 0.15) is 21.9 Å². The number of carbonyl (C=O) groups is 1. The lowest BCUT2D eigenvalue weighted by molar-refractivity contribution is -0.118. The SMILES string of the molecule is COc1ccccc1CCNC(=O)CSC(c1ccccc1)c1ccccc1. The van der Waals surface area contributed by atoms with Gasteiger partial charge in [-0.3, -0.25) is 4.79 Å². The predicted molar refractivity (Wildman–Crippen MR) is 117 cm³/mol. The fraction of sp³-hybridized carbons (Fsp3) is 0.208. The van der Waals surface area contributed by atoms with Crippen LogP contribution in [-0.2, 0) is 11.2 Å². The van der Waals surface area contributed by atoms with Crippen LogP contribution in [0.15, 0.2) is 84.9 Å². The van der Waals surface area contributed by atoms with E-state index in [0.717, 1.165) is 17.7 Å². The molecule has 0 unspecified atom stereocenters.